The zero-order chi connectivity index (χ0) is 17.3. The van der Waals surface area contributed by atoms with Crippen molar-refractivity contribution < 1.29 is 31.1 Å². The molecule has 7 heteroatoms. The van der Waals surface area contributed by atoms with Gasteiger partial charge in [-0.05, 0) is 18.2 Å². The molecule has 0 saturated heterocycles. The number of carbonyl (C=O) groups excluding carboxylic acids is 1. The standard InChI is InChI=1S/C18H20N3O3.ClH/c1-19(2)18(22)24-14-8-5-7-13(11-14)15-12-21-16(20(15)3)9-6-10-17(21)23-4;/h5-12H,1-4H3;1H/q+1;/p-1. The first-order valence-corrected chi connectivity index (χ1v) is 7.55. The summed E-state index contributed by atoms with van der Waals surface area (Å²) < 4.78 is 14.8. The van der Waals surface area contributed by atoms with Crippen LogP contribution in [0.1, 0.15) is 0 Å². The number of nitrogens with zero attached hydrogens (tertiary/aromatic N) is 3. The van der Waals surface area contributed by atoms with E-state index < -0.39 is 6.09 Å². The van der Waals surface area contributed by atoms with Crippen LogP contribution in [-0.2, 0) is 7.05 Å². The van der Waals surface area contributed by atoms with Gasteiger partial charge in [-0.15, -0.1) is 0 Å². The Balaban J connectivity index is 0.00000225. The largest absolute Gasteiger partial charge is 1.00 e. The number of hydrogen-bond donors (Lipinski definition) is 0. The average molecular weight is 362 g/mol. The molecule has 1 aromatic carbocycles. The molecule has 0 saturated carbocycles. The van der Waals surface area contributed by atoms with Crippen molar-refractivity contribution in [2.24, 2.45) is 7.05 Å². The van der Waals surface area contributed by atoms with E-state index in [4.69, 9.17) is 9.47 Å². The van der Waals surface area contributed by atoms with E-state index in [0.717, 1.165) is 22.8 Å². The molecule has 2 aromatic heterocycles. The first kappa shape index (κ1) is 18.6. The SMILES string of the molecule is COc1cccc2n(C)c(-c3cccc(OC(=O)N(C)C)c3)c[n+]12.[Cl-]. The van der Waals surface area contributed by atoms with Crippen LogP contribution < -0.4 is 26.3 Å². The summed E-state index contributed by atoms with van der Waals surface area (Å²) in [4.78, 5) is 13.1. The van der Waals surface area contributed by atoms with E-state index >= 15 is 0 Å². The number of aryl methyl sites for hydroxylation is 1. The summed E-state index contributed by atoms with van der Waals surface area (Å²) in [5.41, 5.74) is 2.94. The van der Waals surface area contributed by atoms with E-state index in [-0.39, 0.29) is 12.4 Å². The topological polar surface area (TPSA) is 47.8 Å². The third-order valence-corrected chi connectivity index (χ3v) is 3.83. The molecule has 1 amide bonds. The van der Waals surface area contributed by atoms with E-state index in [1.807, 2.05) is 54.0 Å². The highest BCUT2D eigenvalue weighted by molar-refractivity contribution is 5.71. The van der Waals surface area contributed by atoms with Crippen LogP contribution >= 0.6 is 0 Å². The normalized spacial score (nSPS) is 10.2. The lowest BCUT2D eigenvalue weighted by atomic mass is 10.1. The number of rotatable bonds is 3. The van der Waals surface area contributed by atoms with Gasteiger partial charge in [-0.1, -0.05) is 12.1 Å². The first-order valence-electron chi connectivity index (χ1n) is 7.55. The van der Waals surface area contributed by atoms with Crippen LogP contribution in [0.25, 0.3) is 16.9 Å². The number of methoxy groups -OCH3 is 1. The summed E-state index contributed by atoms with van der Waals surface area (Å²) in [6.07, 6.45) is 1.60. The molecule has 0 aliphatic rings. The number of benzene rings is 1. The maximum absolute atomic E-state index is 11.7. The van der Waals surface area contributed by atoms with Gasteiger partial charge in [-0.25, -0.2) is 9.36 Å². The van der Waals surface area contributed by atoms with Crippen LogP contribution in [0, 0.1) is 0 Å². The zero-order valence-electron chi connectivity index (χ0n) is 14.6. The number of imidazole rings is 1. The van der Waals surface area contributed by atoms with Gasteiger partial charge in [-0.3, -0.25) is 0 Å². The molecule has 0 bridgehead atoms. The molecule has 0 atom stereocenters. The van der Waals surface area contributed by atoms with Crippen molar-refractivity contribution in [1.29, 1.82) is 0 Å². The molecule has 132 valence electrons. The highest BCUT2D eigenvalue weighted by Crippen LogP contribution is 2.25. The van der Waals surface area contributed by atoms with Gasteiger partial charge in [-0.2, -0.15) is 4.40 Å². The van der Waals surface area contributed by atoms with Crippen LogP contribution in [0.5, 0.6) is 11.6 Å². The lowest BCUT2D eigenvalue weighted by Crippen LogP contribution is -3.00. The number of amides is 1. The average Bonchev–Trinajstić information content (AvgIpc) is 2.92. The second-order valence-corrected chi connectivity index (χ2v) is 5.66. The third kappa shape index (κ3) is 3.53. The van der Waals surface area contributed by atoms with Crippen LogP contribution in [0.2, 0.25) is 0 Å². The van der Waals surface area contributed by atoms with Gasteiger partial charge < -0.3 is 26.8 Å². The molecule has 0 aliphatic carbocycles. The second-order valence-electron chi connectivity index (χ2n) is 5.66. The molecule has 0 spiro atoms. The van der Waals surface area contributed by atoms with Crippen molar-refractivity contribution in [2.45, 2.75) is 0 Å². The second kappa shape index (κ2) is 7.44. The fourth-order valence-corrected chi connectivity index (χ4v) is 2.57. The van der Waals surface area contributed by atoms with Crippen molar-refractivity contribution in [3.63, 3.8) is 0 Å². The number of ether oxygens (including phenoxy) is 2. The summed E-state index contributed by atoms with van der Waals surface area (Å²) in [6.45, 7) is 0. The molecule has 0 aliphatic heterocycles. The van der Waals surface area contributed by atoms with Crippen LogP contribution in [0.4, 0.5) is 4.79 Å². The summed E-state index contributed by atoms with van der Waals surface area (Å²) in [6, 6.07) is 13.3. The highest BCUT2D eigenvalue weighted by atomic mass is 35.5. The molecule has 0 N–H and O–H groups in total. The molecule has 3 rings (SSSR count). The summed E-state index contributed by atoms with van der Waals surface area (Å²) >= 11 is 0. The van der Waals surface area contributed by atoms with E-state index in [1.165, 1.54) is 4.90 Å². The number of aromatic nitrogens is 2. The van der Waals surface area contributed by atoms with Gasteiger partial charge in [0, 0.05) is 31.8 Å². The van der Waals surface area contributed by atoms with Crippen molar-refractivity contribution in [3.05, 3.63) is 48.7 Å². The van der Waals surface area contributed by atoms with E-state index in [1.54, 1.807) is 27.3 Å². The minimum atomic E-state index is -0.403. The minimum Gasteiger partial charge on any atom is -1.00 e. The maximum Gasteiger partial charge on any atom is 0.414 e. The Morgan fingerprint density at radius 3 is 2.56 bits per heavy atom. The van der Waals surface area contributed by atoms with Crippen molar-refractivity contribution >= 4 is 11.7 Å². The smallest absolute Gasteiger partial charge is 0.414 e. The first-order chi connectivity index (χ1) is 11.5. The Kier molecular flexibility index (Phi) is 5.54. The van der Waals surface area contributed by atoms with Gasteiger partial charge >= 0.3 is 6.09 Å². The van der Waals surface area contributed by atoms with Crippen LogP contribution in [-0.4, -0.2) is 36.8 Å². The Labute approximate surface area is 152 Å². The fourth-order valence-electron chi connectivity index (χ4n) is 2.57. The van der Waals surface area contributed by atoms with E-state index in [2.05, 4.69) is 4.57 Å². The fraction of sp³-hybridized carbons (Fsp3) is 0.222. The highest BCUT2D eigenvalue weighted by Gasteiger charge is 2.19. The number of carbonyl (C=O) groups is 1. The number of pyridine rings is 1. The zero-order valence-corrected chi connectivity index (χ0v) is 15.3. The van der Waals surface area contributed by atoms with Gasteiger partial charge in [0.15, 0.2) is 5.69 Å². The monoisotopic (exact) mass is 361 g/mol. The molecular formula is C18H20ClN3O3. The molecular weight excluding hydrogens is 342 g/mol. The van der Waals surface area contributed by atoms with Crippen molar-refractivity contribution in [1.82, 2.24) is 9.47 Å². The Morgan fingerprint density at radius 1 is 1.16 bits per heavy atom. The molecule has 3 aromatic rings. The molecule has 2 heterocycles. The maximum atomic E-state index is 11.7. The molecule has 0 unspecified atom stereocenters. The lowest BCUT2D eigenvalue weighted by Gasteiger charge is -2.10. The summed E-state index contributed by atoms with van der Waals surface area (Å²) in [5.74, 6) is 1.26. The Hall–Kier alpha value is -2.73. The van der Waals surface area contributed by atoms with Gasteiger partial charge in [0.2, 0.25) is 0 Å². The van der Waals surface area contributed by atoms with Gasteiger partial charge in [0.25, 0.3) is 11.5 Å². The van der Waals surface area contributed by atoms with Gasteiger partial charge in [0.1, 0.15) is 11.9 Å². The van der Waals surface area contributed by atoms with Crippen molar-refractivity contribution in [2.75, 3.05) is 21.2 Å². The quantitative estimate of drug-likeness (QED) is 0.591. The predicted octanol–water partition coefficient (Wildman–Crippen LogP) is -0.496. The summed E-state index contributed by atoms with van der Waals surface area (Å²) in [7, 11) is 6.94. The van der Waals surface area contributed by atoms with E-state index in [0.29, 0.717) is 5.75 Å². The molecule has 0 fully saturated rings. The minimum absolute atomic E-state index is 0. The summed E-state index contributed by atoms with van der Waals surface area (Å²) in [5, 5.41) is 0. The number of hydrogen-bond acceptors (Lipinski definition) is 3. The number of halogens is 1. The van der Waals surface area contributed by atoms with Crippen molar-refractivity contribution in [3.8, 4) is 22.9 Å². The van der Waals surface area contributed by atoms with Crippen LogP contribution in [0.15, 0.2) is 48.7 Å². The number of fused-ring (bicyclic) bond motifs is 1. The van der Waals surface area contributed by atoms with Crippen LogP contribution in [0.3, 0.4) is 0 Å². The lowest BCUT2D eigenvalue weighted by molar-refractivity contribution is -0.519. The molecule has 0 radical (unpaired) electrons. The van der Waals surface area contributed by atoms with Gasteiger partial charge in [0.05, 0.1) is 14.2 Å². The predicted molar refractivity (Wildman–Crippen MR) is 90.3 cm³/mol. The molecule has 6 nitrogen and oxygen atoms in total. The Bertz CT molecular complexity index is 906. The molecule has 25 heavy (non-hydrogen) atoms. The third-order valence-electron chi connectivity index (χ3n) is 3.83. The Morgan fingerprint density at radius 2 is 1.88 bits per heavy atom. The van der Waals surface area contributed by atoms with E-state index in [9.17, 15) is 4.79 Å².